The van der Waals surface area contributed by atoms with Crippen LogP contribution in [0, 0.1) is 0 Å². The number of hydrogen-bond donors (Lipinski definition) is 0. The summed E-state index contributed by atoms with van der Waals surface area (Å²) in [6.07, 6.45) is -0.692. The summed E-state index contributed by atoms with van der Waals surface area (Å²) in [5.74, 6) is 2.51. The van der Waals surface area contributed by atoms with E-state index < -0.39 is 6.10 Å². The molecule has 0 saturated carbocycles. The maximum atomic E-state index is 13.5. The minimum atomic E-state index is -0.692. The Morgan fingerprint density at radius 1 is 0.889 bits per heavy atom. The van der Waals surface area contributed by atoms with E-state index in [0.717, 1.165) is 16.9 Å². The van der Waals surface area contributed by atoms with E-state index in [4.69, 9.17) is 14.0 Å². The lowest BCUT2D eigenvalue weighted by Gasteiger charge is -2.35. The summed E-state index contributed by atoms with van der Waals surface area (Å²) in [7, 11) is 1.63. The lowest BCUT2D eigenvalue weighted by Crippen LogP contribution is -2.50. The van der Waals surface area contributed by atoms with Gasteiger partial charge in [0.05, 0.1) is 13.7 Å². The number of piperazine rings is 1. The molecule has 0 spiro atoms. The lowest BCUT2D eigenvalue weighted by atomic mass is 10.1. The standard InChI is InChI=1S/C28H28N4O4/c1-34-23-14-12-22(13-15-23)27-29-25(36-30-27)20-31-16-18-32(19-17-31)28(33)26(21-8-4-2-5-9-21)35-24-10-6-3-7-11-24/h2-15,26H,16-20H2,1H3. The third kappa shape index (κ3) is 5.55. The van der Waals surface area contributed by atoms with E-state index in [1.807, 2.05) is 89.8 Å². The van der Waals surface area contributed by atoms with Crippen LogP contribution in [0.5, 0.6) is 11.5 Å². The highest BCUT2D eigenvalue weighted by molar-refractivity contribution is 5.83. The van der Waals surface area contributed by atoms with Crippen LogP contribution in [0.25, 0.3) is 11.4 Å². The molecule has 1 saturated heterocycles. The molecule has 1 unspecified atom stereocenters. The molecule has 184 valence electrons. The number of methoxy groups -OCH3 is 1. The van der Waals surface area contributed by atoms with Crippen LogP contribution in [0.1, 0.15) is 17.6 Å². The zero-order valence-electron chi connectivity index (χ0n) is 20.1. The number of amides is 1. The van der Waals surface area contributed by atoms with Crippen LogP contribution in [0.3, 0.4) is 0 Å². The molecule has 8 nitrogen and oxygen atoms in total. The molecule has 4 aromatic rings. The topological polar surface area (TPSA) is 80.9 Å². The average Bonchev–Trinajstić information content (AvgIpc) is 3.41. The average molecular weight is 485 g/mol. The minimum absolute atomic E-state index is 0.0377. The zero-order valence-corrected chi connectivity index (χ0v) is 20.1. The fourth-order valence-corrected chi connectivity index (χ4v) is 4.18. The van der Waals surface area contributed by atoms with Crippen molar-refractivity contribution in [2.24, 2.45) is 0 Å². The quantitative estimate of drug-likeness (QED) is 0.371. The van der Waals surface area contributed by atoms with E-state index in [9.17, 15) is 4.79 Å². The maximum absolute atomic E-state index is 13.5. The van der Waals surface area contributed by atoms with Gasteiger partial charge in [-0.15, -0.1) is 0 Å². The summed E-state index contributed by atoms with van der Waals surface area (Å²) < 4.78 is 16.8. The molecule has 5 rings (SSSR count). The predicted octanol–water partition coefficient (Wildman–Crippen LogP) is 4.21. The second-order valence-electron chi connectivity index (χ2n) is 8.56. The zero-order chi connectivity index (χ0) is 24.7. The Morgan fingerprint density at radius 2 is 1.56 bits per heavy atom. The molecule has 1 aromatic heterocycles. The largest absolute Gasteiger partial charge is 0.497 e. The Morgan fingerprint density at radius 3 is 2.22 bits per heavy atom. The summed E-state index contributed by atoms with van der Waals surface area (Å²) >= 11 is 0. The van der Waals surface area contributed by atoms with Crippen molar-refractivity contribution in [3.05, 3.63) is 96.4 Å². The summed E-state index contributed by atoms with van der Waals surface area (Å²) in [5.41, 5.74) is 1.71. The van der Waals surface area contributed by atoms with Crippen LogP contribution in [0.4, 0.5) is 0 Å². The smallest absolute Gasteiger partial charge is 0.268 e. The monoisotopic (exact) mass is 484 g/mol. The Hall–Kier alpha value is -4.17. The van der Waals surface area contributed by atoms with E-state index in [-0.39, 0.29) is 5.91 Å². The highest BCUT2D eigenvalue weighted by atomic mass is 16.5. The van der Waals surface area contributed by atoms with Gasteiger partial charge in [0.2, 0.25) is 17.8 Å². The highest BCUT2D eigenvalue weighted by Crippen LogP contribution is 2.25. The number of nitrogens with zero attached hydrogens (tertiary/aromatic N) is 4. The van der Waals surface area contributed by atoms with Crippen molar-refractivity contribution in [2.75, 3.05) is 33.3 Å². The van der Waals surface area contributed by atoms with Crippen molar-refractivity contribution in [3.63, 3.8) is 0 Å². The number of hydrogen-bond acceptors (Lipinski definition) is 7. The minimum Gasteiger partial charge on any atom is -0.497 e. The van der Waals surface area contributed by atoms with Gasteiger partial charge in [0.1, 0.15) is 11.5 Å². The molecule has 1 fully saturated rings. The van der Waals surface area contributed by atoms with Gasteiger partial charge in [0.25, 0.3) is 5.91 Å². The first-order chi connectivity index (χ1) is 17.7. The molecule has 1 atom stereocenters. The third-order valence-electron chi connectivity index (χ3n) is 6.18. The van der Waals surface area contributed by atoms with Crippen LogP contribution in [-0.4, -0.2) is 59.1 Å². The van der Waals surface area contributed by atoms with Crippen LogP contribution in [0.2, 0.25) is 0 Å². The first-order valence-electron chi connectivity index (χ1n) is 11.9. The number of benzene rings is 3. The molecule has 2 heterocycles. The van der Waals surface area contributed by atoms with Gasteiger partial charge in [-0.25, -0.2) is 0 Å². The molecule has 0 N–H and O–H groups in total. The Kier molecular flexibility index (Phi) is 7.23. The van der Waals surface area contributed by atoms with Crippen molar-refractivity contribution in [1.82, 2.24) is 19.9 Å². The van der Waals surface area contributed by atoms with Crippen LogP contribution >= 0.6 is 0 Å². The molecule has 8 heteroatoms. The molecular weight excluding hydrogens is 456 g/mol. The molecule has 1 aliphatic heterocycles. The van der Waals surface area contributed by atoms with E-state index in [1.165, 1.54) is 0 Å². The summed E-state index contributed by atoms with van der Waals surface area (Å²) in [5, 5.41) is 4.11. The SMILES string of the molecule is COc1ccc(-c2noc(CN3CCN(C(=O)C(Oc4ccccc4)c4ccccc4)CC3)n2)cc1. The number of para-hydroxylation sites is 1. The van der Waals surface area contributed by atoms with Crippen molar-refractivity contribution in [2.45, 2.75) is 12.6 Å². The maximum Gasteiger partial charge on any atom is 0.268 e. The number of aromatic nitrogens is 2. The fourth-order valence-electron chi connectivity index (χ4n) is 4.18. The molecule has 0 bridgehead atoms. The van der Waals surface area contributed by atoms with Gasteiger partial charge in [-0.1, -0.05) is 53.7 Å². The number of ether oxygens (including phenoxy) is 2. The molecule has 1 amide bonds. The number of carbonyl (C=O) groups excluding carboxylic acids is 1. The number of carbonyl (C=O) groups is 1. The van der Waals surface area contributed by atoms with Crippen LogP contribution in [0.15, 0.2) is 89.5 Å². The molecular formula is C28H28N4O4. The Bertz CT molecular complexity index is 1250. The summed E-state index contributed by atoms with van der Waals surface area (Å²) in [6, 6.07) is 26.6. The van der Waals surface area contributed by atoms with Crippen molar-refractivity contribution in [3.8, 4) is 22.9 Å². The third-order valence-corrected chi connectivity index (χ3v) is 6.18. The van der Waals surface area contributed by atoms with Gasteiger partial charge in [-0.3, -0.25) is 9.69 Å². The van der Waals surface area contributed by atoms with Crippen molar-refractivity contribution in [1.29, 1.82) is 0 Å². The van der Waals surface area contributed by atoms with Gasteiger partial charge in [-0.05, 0) is 36.4 Å². The van der Waals surface area contributed by atoms with Crippen LogP contribution < -0.4 is 9.47 Å². The number of rotatable bonds is 8. The summed E-state index contributed by atoms with van der Waals surface area (Å²) in [4.78, 5) is 22.1. The van der Waals surface area contributed by atoms with Crippen molar-refractivity contribution >= 4 is 5.91 Å². The van der Waals surface area contributed by atoms with Crippen LogP contribution in [-0.2, 0) is 11.3 Å². The van der Waals surface area contributed by atoms with Crippen molar-refractivity contribution < 1.29 is 18.8 Å². The van der Waals surface area contributed by atoms with Gasteiger partial charge < -0.3 is 18.9 Å². The molecule has 1 aliphatic rings. The molecule has 3 aromatic carbocycles. The molecule has 36 heavy (non-hydrogen) atoms. The van der Waals surface area contributed by atoms with Gasteiger partial charge >= 0.3 is 0 Å². The van der Waals surface area contributed by atoms with Gasteiger partial charge in [0.15, 0.2) is 0 Å². The first kappa shape index (κ1) is 23.6. The van der Waals surface area contributed by atoms with Gasteiger partial charge in [0, 0.05) is 37.3 Å². The summed E-state index contributed by atoms with van der Waals surface area (Å²) in [6.45, 7) is 3.14. The van der Waals surface area contributed by atoms with E-state index in [1.54, 1.807) is 7.11 Å². The van der Waals surface area contributed by atoms with Gasteiger partial charge in [-0.2, -0.15) is 4.98 Å². The van der Waals surface area contributed by atoms with E-state index in [2.05, 4.69) is 15.0 Å². The second kappa shape index (κ2) is 11.0. The normalized spacial score (nSPS) is 14.9. The van der Waals surface area contributed by atoms with E-state index >= 15 is 0 Å². The van der Waals surface area contributed by atoms with E-state index in [0.29, 0.717) is 50.2 Å². The Balaban J connectivity index is 1.20. The first-order valence-corrected chi connectivity index (χ1v) is 11.9. The fraction of sp³-hybridized carbons (Fsp3) is 0.250. The molecule has 0 radical (unpaired) electrons. The Labute approximate surface area is 210 Å². The lowest BCUT2D eigenvalue weighted by molar-refractivity contribution is -0.141. The second-order valence-corrected chi connectivity index (χ2v) is 8.56. The predicted molar refractivity (Wildman–Crippen MR) is 134 cm³/mol. The molecule has 0 aliphatic carbocycles. The highest BCUT2D eigenvalue weighted by Gasteiger charge is 2.30.